The van der Waals surface area contributed by atoms with Gasteiger partial charge < -0.3 is 29.7 Å². The molecule has 4 amide bonds. The van der Waals surface area contributed by atoms with Crippen molar-refractivity contribution in [2.45, 2.75) is 114 Å². The number of carbonyl (C=O) groups excluding carboxylic acids is 5. The molecule has 1 saturated carbocycles. The standard InChI is InChI=1S/C48H60N10O6/c1-64-33-18-25-56(26-19-33)48-50-21-15-41(53-48)52-42-28-39-35(29-51-42)36(30-57(39)32-9-4-5-10-32)40(59)27-31-16-23-55(24-17-31)22-7-3-2-6-20-49-37-12-8-11-34-44(37)47(63)58(46(34)62)38-13-14-43(60)54-45(38)61/h8,11-12,15,21,28-33,38,49H,2-7,9-10,13-14,16-20,22-27H2,1H3,(H,54,60,61)(H,50,51,52,53). The van der Waals surface area contributed by atoms with Crippen LogP contribution in [0.3, 0.4) is 0 Å². The summed E-state index contributed by atoms with van der Waals surface area (Å²) in [5.74, 6) is 0.653. The Labute approximate surface area is 373 Å². The molecular formula is C48H60N10O6. The molecule has 9 rings (SSSR count). The molecule has 5 aliphatic rings. The largest absolute Gasteiger partial charge is 0.384 e. The average molecular weight is 873 g/mol. The molecule has 0 bridgehead atoms. The number of unbranched alkanes of at least 4 members (excludes halogenated alkanes) is 3. The molecule has 0 spiro atoms. The van der Waals surface area contributed by atoms with E-state index >= 15 is 0 Å². The molecule has 4 aromatic rings. The van der Waals surface area contributed by atoms with Gasteiger partial charge in [-0.15, -0.1) is 0 Å². The van der Waals surface area contributed by atoms with Gasteiger partial charge in [-0.3, -0.25) is 34.2 Å². The Balaban J connectivity index is 0.727. The quantitative estimate of drug-likeness (QED) is 0.0582. The number of amides is 4. The van der Waals surface area contributed by atoms with Gasteiger partial charge >= 0.3 is 0 Å². The predicted molar refractivity (Wildman–Crippen MR) is 243 cm³/mol. The molecule has 4 fully saturated rings. The fourth-order valence-electron chi connectivity index (χ4n) is 10.4. The lowest BCUT2D eigenvalue weighted by atomic mass is 9.90. The number of fused-ring (bicyclic) bond motifs is 2. The van der Waals surface area contributed by atoms with Crippen LogP contribution in [0.2, 0.25) is 0 Å². The van der Waals surface area contributed by atoms with Crippen molar-refractivity contribution in [3.05, 3.63) is 65.6 Å². The van der Waals surface area contributed by atoms with E-state index in [1.807, 2.05) is 12.3 Å². The lowest BCUT2D eigenvalue weighted by Crippen LogP contribution is -2.54. The highest BCUT2D eigenvalue weighted by Crippen LogP contribution is 2.37. The Hall–Kier alpha value is -5.74. The van der Waals surface area contributed by atoms with E-state index in [-0.39, 0.29) is 30.3 Å². The van der Waals surface area contributed by atoms with Crippen LogP contribution in [-0.2, 0) is 14.3 Å². The number of carbonyl (C=O) groups is 5. The predicted octanol–water partition coefficient (Wildman–Crippen LogP) is 6.66. The Kier molecular flexibility index (Phi) is 13.3. The summed E-state index contributed by atoms with van der Waals surface area (Å²) in [5, 5.41) is 9.94. The number of nitrogens with one attached hydrogen (secondary N) is 3. The number of benzene rings is 1. The molecule has 0 radical (unpaired) electrons. The zero-order chi connectivity index (χ0) is 44.2. The van der Waals surface area contributed by atoms with Gasteiger partial charge in [-0.2, -0.15) is 4.98 Å². The van der Waals surface area contributed by atoms with E-state index in [1.54, 1.807) is 31.5 Å². The van der Waals surface area contributed by atoms with E-state index in [4.69, 9.17) is 14.7 Å². The number of likely N-dealkylation sites (tertiary alicyclic amines) is 1. The summed E-state index contributed by atoms with van der Waals surface area (Å²) in [7, 11) is 1.77. The number of anilines is 4. The Bertz CT molecular complexity index is 2380. The van der Waals surface area contributed by atoms with Crippen molar-refractivity contribution in [3.8, 4) is 0 Å². The fraction of sp³-hybridized carbons (Fsp3) is 0.542. The van der Waals surface area contributed by atoms with E-state index in [0.29, 0.717) is 53.8 Å². The van der Waals surface area contributed by atoms with Gasteiger partial charge in [-0.25, -0.2) is 9.97 Å². The number of hydrogen-bond donors (Lipinski definition) is 3. The lowest BCUT2D eigenvalue weighted by Gasteiger charge is -2.31. The molecule has 1 aliphatic carbocycles. The molecule has 1 unspecified atom stereocenters. The smallest absolute Gasteiger partial charge is 0.264 e. The molecule has 64 heavy (non-hydrogen) atoms. The number of imide groups is 2. The first-order chi connectivity index (χ1) is 31.2. The third-order valence-corrected chi connectivity index (χ3v) is 14.1. The number of pyridine rings is 1. The molecule has 1 atom stereocenters. The average Bonchev–Trinajstić information content (AvgIpc) is 4.04. The van der Waals surface area contributed by atoms with E-state index in [2.05, 4.69) is 47.6 Å². The van der Waals surface area contributed by atoms with Gasteiger partial charge in [0, 0.05) is 86.9 Å². The SMILES string of the molecule is COC1CCN(c2nccc(Nc3cc4c(cn3)c(C(=O)CC3CCN(CCCCCCNc5cccc6c5C(=O)N(C5CCC(=O)NC5=O)C6=O)CC3)cn4C3CCCC3)n2)CC1. The van der Waals surface area contributed by atoms with Crippen LogP contribution in [0, 0.1) is 5.92 Å². The van der Waals surface area contributed by atoms with E-state index in [9.17, 15) is 24.0 Å². The Morgan fingerprint density at radius 2 is 1.67 bits per heavy atom. The van der Waals surface area contributed by atoms with Gasteiger partial charge in [-0.1, -0.05) is 31.7 Å². The number of ether oxygens (including phenoxy) is 1. The normalized spacial score (nSPS) is 20.4. The zero-order valence-corrected chi connectivity index (χ0v) is 36.9. The van der Waals surface area contributed by atoms with Gasteiger partial charge in [0.2, 0.25) is 17.8 Å². The molecule has 3 N–H and O–H groups in total. The second-order valence-electron chi connectivity index (χ2n) is 18.2. The fourth-order valence-corrected chi connectivity index (χ4v) is 10.4. The summed E-state index contributed by atoms with van der Waals surface area (Å²) in [6.07, 6.45) is 19.5. The third kappa shape index (κ3) is 9.39. The minimum absolute atomic E-state index is 0.0887. The number of Topliss-reactive ketones (excluding diaryl/α,β-unsaturated/α-hetero) is 1. The topological polar surface area (TPSA) is 184 Å². The van der Waals surface area contributed by atoms with E-state index in [1.165, 1.54) is 12.8 Å². The van der Waals surface area contributed by atoms with Crippen molar-refractivity contribution < 1.29 is 28.7 Å². The summed E-state index contributed by atoms with van der Waals surface area (Å²) in [6.45, 7) is 5.40. The summed E-state index contributed by atoms with van der Waals surface area (Å²) in [5.41, 5.74) is 2.99. The molecule has 16 nitrogen and oxygen atoms in total. The maximum atomic E-state index is 14.1. The van der Waals surface area contributed by atoms with Crippen molar-refractivity contribution in [3.63, 3.8) is 0 Å². The Morgan fingerprint density at radius 1 is 0.875 bits per heavy atom. The van der Waals surface area contributed by atoms with Gasteiger partial charge in [0.1, 0.15) is 17.7 Å². The highest BCUT2D eigenvalue weighted by molar-refractivity contribution is 6.25. The van der Waals surface area contributed by atoms with Crippen LogP contribution in [0.5, 0.6) is 0 Å². The number of aromatic nitrogens is 4. The van der Waals surface area contributed by atoms with Gasteiger partial charge in [0.25, 0.3) is 11.8 Å². The molecular weight excluding hydrogens is 813 g/mol. The number of ketones is 1. The van der Waals surface area contributed by atoms with Crippen LogP contribution in [0.1, 0.15) is 133 Å². The van der Waals surface area contributed by atoms with Crippen molar-refractivity contribution in [2.24, 2.45) is 5.92 Å². The first-order valence-corrected chi connectivity index (χ1v) is 23.5. The van der Waals surface area contributed by atoms with Crippen molar-refractivity contribution in [1.82, 2.24) is 34.6 Å². The van der Waals surface area contributed by atoms with Crippen molar-refractivity contribution >= 4 is 63.6 Å². The molecule has 3 saturated heterocycles. The second-order valence-corrected chi connectivity index (χ2v) is 18.2. The van der Waals surface area contributed by atoms with E-state index < -0.39 is 29.7 Å². The van der Waals surface area contributed by atoms with Crippen LogP contribution < -0.4 is 20.9 Å². The number of piperidine rings is 3. The van der Waals surface area contributed by atoms with Gasteiger partial charge in [-0.05, 0) is 102 Å². The third-order valence-electron chi connectivity index (χ3n) is 14.1. The minimum atomic E-state index is -0.982. The molecule has 7 heterocycles. The van der Waals surface area contributed by atoms with Crippen molar-refractivity contribution in [1.29, 1.82) is 0 Å². The number of rotatable bonds is 17. The number of nitrogens with zero attached hydrogens (tertiary/aromatic N) is 7. The van der Waals surface area contributed by atoms with Crippen LogP contribution in [0.25, 0.3) is 10.9 Å². The maximum Gasteiger partial charge on any atom is 0.264 e. The molecule has 1 aromatic carbocycles. The Morgan fingerprint density at radius 3 is 2.45 bits per heavy atom. The summed E-state index contributed by atoms with van der Waals surface area (Å²) >= 11 is 0. The first-order valence-electron chi connectivity index (χ1n) is 23.5. The highest BCUT2D eigenvalue weighted by Gasteiger charge is 2.45. The van der Waals surface area contributed by atoms with Crippen LogP contribution in [0.15, 0.2) is 48.9 Å². The van der Waals surface area contributed by atoms with Gasteiger partial charge in [0.15, 0.2) is 5.78 Å². The monoisotopic (exact) mass is 872 g/mol. The van der Waals surface area contributed by atoms with Gasteiger partial charge in [0.05, 0.1) is 22.7 Å². The van der Waals surface area contributed by atoms with Crippen molar-refractivity contribution in [2.75, 3.05) is 61.9 Å². The molecule has 3 aromatic heterocycles. The zero-order valence-electron chi connectivity index (χ0n) is 36.9. The number of hydrogen-bond acceptors (Lipinski definition) is 13. The summed E-state index contributed by atoms with van der Waals surface area (Å²) < 4.78 is 7.87. The molecule has 4 aliphatic heterocycles. The first kappa shape index (κ1) is 43.5. The molecule has 338 valence electrons. The maximum absolute atomic E-state index is 14.1. The van der Waals surface area contributed by atoms with E-state index in [0.717, 1.165) is 118 Å². The lowest BCUT2D eigenvalue weighted by molar-refractivity contribution is -0.136. The van der Waals surface area contributed by atoms with Crippen LogP contribution >= 0.6 is 0 Å². The number of methoxy groups -OCH3 is 1. The second kappa shape index (κ2) is 19.6. The minimum Gasteiger partial charge on any atom is -0.384 e. The van der Waals surface area contributed by atoms with Crippen LogP contribution in [-0.4, -0.2) is 117 Å². The highest BCUT2D eigenvalue weighted by atomic mass is 16.5. The molecule has 16 heteroatoms. The summed E-state index contributed by atoms with van der Waals surface area (Å²) in [4.78, 5) is 84.6. The van der Waals surface area contributed by atoms with Crippen LogP contribution in [0.4, 0.5) is 23.3 Å². The summed E-state index contributed by atoms with van der Waals surface area (Å²) in [6, 6.07) is 8.48.